The normalized spacial score (nSPS) is 10.2. The zero-order chi connectivity index (χ0) is 16.4. The smallest absolute Gasteiger partial charge is 0.657 e. The number of unbranched alkanes of at least 4 members (excludes halogenated alkanes) is 1. The summed E-state index contributed by atoms with van der Waals surface area (Å²) in [7, 11) is 0. The Hall–Kier alpha value is -1.40. The third-order valence-electron chi connectivity index (χ3n) is 3.29. The van der Waals surface area contributed by atoms with Gasteiger partial charge in [-0.15, -0.1) is 17.5 Å². The second-order valence-corrected chi connectivity index (χ2v) is 5.30. The fourth-order valence-corrected chi connectivity index (χ4v) is 1.97. The van der Waals surface area contributed by atoms with Gasteiger partial charge in [0.1, 0.15) is 0 Å². The van der Waals surface area contributed by atoms with Crippen LogP contribution in [0.1, 0.15) is 43.4 Å². The van der Waals surface area contributed by atoms with E-state index in [1.165, 1.54) is 17.5 Å². The summed E-state index contributed by atoms with van der Waals surface area (Å²) in [6, 6.07) is 16.6. The molecule has 0 aliphatic carbocycles. The number of nitrogens with zero attached hydrogens (tertiary/aromatic N) is 1. The molecule has 0 aliphatic rings. The Morgan fingerprint density at radius 2 is 1.70 bits per heavy atom. The Morgan fingerprint density at radius 1 is 1.09 bits per heavy atom. The summed E-state index contributed by atoms with van der Waals surface area (Å²) >= 11 is 0. The van der Waals surface area contributed by atoms with E-state index in [1.54, 1.807) is 0 Å². The standard InChI is InChI=1S/C17H18N.C4H9.Zn/c1-4-16(15-8-6-5-7-9-15)18-17-11-10-13(2)12-14(17)3;1-3-4-2;/h4-12H,1-3H3;1,3-4H2,2H3;/q2*-1;+2/b16-4+;;. The predicted molar refractivity (Wildman–Crippen MR) is 99.3 cm³/mol. The van der Waals surface area contributed by atoms with E-state index in [0.717, 1.165) is 23.4 Å². The van der Waals surface area contributed by atoms with Crippen LogP contribution in [0, 0.1) is 20.8 Å². The van der Waals surface area contributed by atoms with Gasteiger partial charge in [0, 0.05) is 0 Å². The van der Waals surface area contributed by atoms with Crippen LogP contribution in [0.5, 0.6) is 0 Å². The largest absolute Gasteiger partial charge is 2.00 e. The summed E-state index contributed by atoms with van der Waals surface area (Å²) in [5.74, 6) is 0. The van der Waals surface area contributed by atoms with Gasteiger partial charge in [0.25, 0.3) is 0 Å². The number of hydrogen-bond donors (Lipinski definition) is 0. The molecule has 2 aromatic carbocycles. The van der Waals surface area contributed by atoms with Crippen LogP contribution < -0.4 is 0 Å². The average molecular weight is 359 g/mol. The fourth-order valence-electron chi connectivity index (χ4n) is 1.97. The first-order valence-electron chi connectivity index (χ1n) is 7.92. The molecule has 0 spiro atoms. The van der Waals surface area contributed by atoms with Crippen LogP contribution in [0.4, 0.5) is 5.69 Å². The van der Waals surface area contributed by atoms with Gasteiger partial charge in [-0.1, -0.05) is 73.0 Å². The van der Waals surface area contributed by atoms with Crippen molar-refractivity contribution in [2.45, 2.75) is 40.5 Å². The van der Waals surface area contributed by atoms with E-state index in [-0.39, 0.29) is 19.5 Å². The Balaban J connectivity index is 0.000000871. The maximum atomic E-state index is 4.75. The minimum absolute atomic E-state index is 0. The van der Waals surface area contributed by atoms with Crippen molar-refractivity contribution < 1.29 is 19.5 Å². The van der Waals surface area contributed by atoms with Crippen LogP contribution in [-0.2, 0) is 19.5 Å². The van der Waals surface area contributed by atoms with Crippen molar-refractivity contribution >= 4 is 11.4 Å². The summed E-state index contributed by atoms with van der Waals surface area (Å²) < 4.78 is 0. The van der Waals surface area contributed by atoms with E-state index >= 15 is 0 Å². The number of benzene rings is 2. The quantitative estimate of drug-likeness (QED) is 0.413. The van der Waals surface area contributed by atoms with E-state index in [2.05, 4.69) is 64.1 Å². The SMILES string of the molecule is C/C=C(/[N-]c1ccc(C)cc1C)c1ccccc1.[CH2-]CCC.[Zn+2]. The van der Waals surface area contributed by atoms with Gasteiger partial charge < -0.3 is 12.2 Å². The zero-order valence-electron chi connectivity index (χ0n) is 15.0. The monoisotopic (exact) mass is 357 g/mol. The number of allylic oxidation sites excluding steroid dienone is 1. The van der Waals surface area contributed by atoms with Crippen LogP contribution in [0.15, 0.2) is 54.6 Å². The molecule has 0 radical (unpaired) electrons. The number of aryl methyl sites for hydroxylation is 2. The maximum Gasteiger partial charge on any atom is 2.00 e. The summed E-state index contributed by atoms with van der Waals surface area (Å²) in [6.45, 7) is 11.9. The molecular formula is C21H27NZn. The topological polar surface area (TPSA) is 14.1 Å². The predicted octanol–water partition coefficient (Wildman–Crippen LogP) is 6.99. The Labute approximate surface area is 155 Å². The third kappa shape index (κ3) is 7.61. The second-order valence-electron chi connectivity index (χ2n) is 5.30. The molecule has 0 saturated heterocycles. The van der Waals surface area contributed by atoms with Gasteiger partial charge in [0.2, 0.25) is 0 Å². The van der Waals surface area contributed by atoms with E-state index in [4.69, 9.17) is 5.32 Å². The van der Waals surface area contributed by atoms with E-state index in [9.17, 15) is 0 Å². The van der Waals surface area contributed by atoms with Crippen LogP contribution >= 0.6 is 0 Å². The first-order chi connectivity index (χ1) is 10.6. The van der Waals surface area contributed by atoms with E-state index in [1.807, 2.05) is 25.1 Å². The van der Waals surface area contributed by atoms with Gasteiger partial charge in [-0.05, 0) is 26.3 Å². The fraction of sp³-hybridized carbons (Fsp3) is 0.286. The van der Waals surface area contributed by atoms with Crippen molar-refractivity contribution in [2.75, 3.05) is 0 Å². The molecule has 0 heterocycles. The molecule has 0 N–H and O–H groups in total. The molecule has 2 rings (SSSR count). The summed E-state index contributed by atoms with van der Waals surface area (Å²) in [5, 5.41) is 4.75. The molecule has 0 amide bonds. The molecule has 2 aromatic rings. The molecule has 118 valence electrons. The molecule has 0 aliphatic heterocycles. The van der Waals surface area contributed by atoms with Crippen molar-refractivity contribution in [1.82, 2.24) is 0 Å². The molecule has 0 unspecified atom stereocenters. The van der Waals surface area contributed by atoms with Gasteiger partial charge in [-0.25, -0.2) is 0 Å². The van der Waals surface area contributed by atoms with Crippen molar-refractivity contribution in [3.63, 3.8) is 0 Å². The first kappa shape index (κ1) is 21.6. The molecule has 0 atom stereocenters. The van der Waals surface area contributed by atoms with Crippen LogP contribution in [0.3, 0.4) is 0 Å². The molecule has 0 fully saturated rings. The minimum Gasteiger partial charge on any atom is -0.657 e. The average Bonchev–Trinajstić information content (AvgIpc) is 2.55. The number of hydrogen-bond acceptors (Lipinski definition) is 0. The summed E-state index contributed by atoms with van der Waals surface area (Å²) in [4.78, 5) is 0. The van der Waals surface area contributed by atoms with Gasteiger partial charge in [-0.3, -0.25) is 0 Å². The number of rotatable bonds is 4. The van der Waals surface area contributed by atoms with Crippen LogP contribution in [-0.4, -0.2) is 0 Å². The minimum atomic E-state index is 0. The Bertz CT molecular complexity index is 586. The van der Waals surface area contributed by atoms with Crippen LogP contribution in [0.2, 0.25) is 0 Å². The van der Waals surface area contributed by atoms with Gasteiger partial charge >= 0.3 is 19.5 Å². The van der Waals surface area contributed by atoms with E-state index < -0.39 is 0 Å². The molecule has 23 heavy (non-hydrogen) atoms. The molecule has 0 bridgehead atoms. The van der Waals surface area contributed by atoms with Crippen molar-refractivity contribution in [3.05, 3.63) is 83.5 Å². The molecule has 0 aromatic heterocycles. The molecule has 2 heteroatoms. The van der Waals surface area contributed by atoms with Crippen molar-refractivity contribution in [1.29, 1.82) is 0 Å². The maximum absolute atomic E-state index is 4.75. The Morgan fingerprint density at radius 3 is 2.17 bits per heavy atom. The van der Waals surface area contributed by atoms with Gasteiger partial charge in [0.05, 0.1) is 0 Å². The zero-order valence-corrected chi connectivity index (χ0v) is 17.9. The molecule has 1 nitrogen and oxygen atoms in total. The third-order valence-corrected chi connectivity index (χ3v) is 3.29. The van der Waals surface area contributed by atoms with Gasteiger partial charge in [-0.2, -0.15) is 6.42 Å². The van der Waals surface area contributed by atoms with E-state index in [0.29, 0.717) is 0 Å². The summed E-state index contributed by atoms with van der Waals surface area (Å²) in [5.41, 5.74) is 5.69. The van der Waals surface area contributed by atoms with Crippen molar-refractivity contribution in [2.24, 2.45) is 0 Å². The summed E-state index contributed by atoms with van der Waals surface area (Å²) in [6.07, 6.45) is 4.33. The van der Waals surface area contributed by atoms with Gasteiger partial charge in [0.15, 0.2) is 0 Å². The van der Waals surface area contributed by atoms with Crippen molar-refractivity contribution in [3.8, 4) is 0 Å². The second kappa shape index (κ2) is 12.1. The molecule has 0 saturated carbocycles. The Kier molecular flexibility index (Phi) is 11.3. The molecular weight excluding hydrogens is 332 g/mol. The van der Waals surface area contributed by atoms with Crippen LogP contribution in [0.25, 0.3) is 11.0 Å². The first-order valence-corrected chi connectivity index (χ1v) is 7.92.